The van der Waals surface area contributed by atoms with Crippen molar-refractivity contribution in [3.05, 3.63) is 135 Å². The first kappa shape index (κ1) is 82.6. The molecule has 3 aliphatic heterocycles. The predicted molar refractivity (Wildman–Crippen MR) is 416 cm³/mol. The van der Waals surface area contributed by atoms with Crippen LogP contribution in [0.25, 0.3) is 66.1 Å². The Labute approximate surface area is 652 Å². The van der Waals surface area contributed by atoms with Gasteiger partial charge >= 0.3 is 12.1 Å². The van der Waals surface area contributed by atoms with Gasteiger partial charge in [-0.1, -0.05) is 59.6 Å². The zero-order chi connectivity index (χ0) is 81.3. The van der Waals surface area contributed by atoms with Crippen molar-refractivity contribution in [2.24, 2.45) is 11.5 Å². The molecule has 12 rings (SSSR count). The lowest BCUT2D eigenvalue weighted by Crippen LogP contribution is -2.50. The molecule has 592 valence electrons. The number of hydrogen-bond acceptors (Lipinski definition) is 21. The number of nitrogens with zero attached hydrogens (tertiary/aromatic N) is 15. The summed E-state index contributed by atoms with van der Waals surface area (Å²) in [5, 5.41) is 40.1. The van der Waals surface area contributed by atoms with E-state index in [1.54, 1.807) is 47.2 Å². The summed E-state index contributed by atoms with van der Waals surface area (Å²) in [6.07, 6.45) is 1.71. The van der Waals surface area contributed by atoms with Crippen molar-refractivity contribution in [2.45, 2.75) is 19.3 Å². The van der Waals surface area contributed by atoms with Gasteiger partial charge in [-0.15, -0.1) is 0 Å². The van der Waals surface area contributed by atoms with Gasteiger partial charge in [0.2, 0.25) is 41.5 Å². The highest BCUT2D eigenvalue weighted by atomic mass is 35.5. The third-order valence-corrected chi connectivity index (χ3v) is 19.4. The van der Waals surface area contributed by atoms with Gasteiger partial charge in [-0.3, -0.25) is 19.2 Å². The number of anilines is 6. The number of hydrogen-bond donors (Lipinski definition) is 8. The number of nitrogens with one attached hydrogen (secondary N) is 3. The van der Waals surface area contributed by atoms with Crippen LogP contribution in [-0.2, 0) is 19.2 Å². The van der Waals surface area contributed by atoms with Gasteiger partial charge in [0.05, 0.1) is 31.8 Å². The quantitative estimate of drug-likeness (QED) is 0.0276. The summed E-state index contributed by atoms with van der Waals surface area (Å²) in [4.78, 5) is 112. The third kappa shape index (κ3) is 18.4. The van der Waals surface area contributed by atoms with Gasteiger partial charge in [0.25, 0.3) is 0 Å². The molecule has 29 nitrogen and oxygen atoms in total. The minimum atomic E-state index is -0.935. The first-order valence-corrected chi connectivity index (χ1v) is 36.0. The van der Waals surface area contributed by atoms with Crippen LogP contribution in [0.1, 0.15) is 19.3 Å². The number of fused-ring (bicyclic) bond motifs is 3. The number of phenolic OH excluding ortho intramolecular Hbond substituents is 3. The number of nitrogens with two attached hydrogens (primary N) is 2. The molecule has 112 heavy (non-hydrogen) atoms. The lowest BCUT2D eigenvalue weighted by atomic mass is 10.0. The van der Waals surface area contributed by atoms with Gasteiger partial charge in [0.1, 0.15) is 68.7 Å². The van der Waals surface area contributed by atoms with Crippen molar-refractivity contribution in [3.63, 3.8) is 0 Å². The maximum atomic E-state index is 16.0. The van der Waals surface area contributed by atoms with Crippen molar-refractivity contribution in [1.29, 1.82) is 0 Å². The van der Waals surface area contributed by atoms with Crippen molar-refractivity contribution >= 4 is 139 Å². The van der Waals surface area contributed by atoms with E-state index < -0.39 is 64.2 Å². The molecule has 8 amide bonds. The molecule has 0 saturated carbocycles. The van der Waals surface area contributed by atoms with E-state index in [1.165, 1.54) is 85.2 Å². The number of aromatic hydroxyl groups is 3. The molecule has 0 radical (unpaired) electrons. The average molecular weight is 1610 g/mol. The zero-order valence-electron chi connectivity index (χ0n) is 61.5. The van der Waals surface area contributed by atoms with Gasteiger partial charge in [0.15, 0.2) is 17.5 Å². The van der Waals surface area contributed by atoms with Gasteiger partial charge in [-0.25, -0.2) is 50.9 Å². The fraction of sp³-hybridized carbons (Fsp3) is 0.324. The van der Waals surface area contributed by atoms with E-state index in [2.05, 4.69) is 52.4 Å². The Balaban J connectivity index is 0.000000178. The molecule has 0 unspecified atom stereocenters. The summed E-state index contributed by atoms with van der Waals surface area (Å²) in [5.74, 6) is -6.07. The summed E-state index contributed by atoms with van der Waals surface area (Å²) >= 11 is 19.3. The lowest BCUT2D eigenvalue weighted by Gasteiger charge is -2.35. The largest absolute Gasteiger partial charge is 0.507 e. The highest BCUT2D eigenvalue weighted by molar-refractivity contribution is 6.36. The molecule has 0 bridgehead atoms. The van der Waals surface area contributed by atoms with Crippen molar-refractivity contribution in [2.75, 3.05) is 171 Å². The molecule has 0 atom stereocenters. The first-order valence-electron chi connectivity index (χ1n) is 34.9. The molecule has 38 heteroatoms. The van der Waals surface area contributed by atoms with Crippen molar-refractivity contribution in [3.8, 4) is 50.6 Å². The number of benzene rings is 6. The number of carbonyl (C=O) groups excluding carboxylic acids is 6. The first-order chi connectivity index (χ1) is 53.3. The second-order valence-corrected chi connectivity index (χ2v) is 27.6. The number of urea groups is 2. The van der Waals surface area contributed by atoms with Crippen LogP contribution in [0.5, 0.6) is 17.2 Å². The standard InChI is InChI=1S/C26H27ClF2N6O3.2C24H26ClF2N7O3/c1-4-19(37)34-10-12-35(13-11-34)25-15-14-16(27)21(22-17(28)6-5-7-18(22)36)23(29)24(15)31-26(32-25)30-9-8-20(38)33(2)3;2*1-32(2)17(36)6-7-29-24-30-21-13(22(31-24)33-8-10-34(11-9-33)23(28)37)12-14(25)18(20(21)27)19-15(26)4-3-5-16(19)35/h4-7,14,36H,1,8-13H2,2-3H3,(H,30,31,32);2*3-5,12,35H,6-11H2,1-2H3,(H2,28,37)(H,29,30,31). The topological polar surface area (TPSA) is 358 Å². The molecule has 3 fully saturated rings. The number of phenols is 3. The number of rotatable bonds is 19. The normalized spacial score (nSPS) is 13.6. The molecule has 6 heterocycles. The molecule has 9 aromatic rings. The Morgan fingerprint density at radius 2 is 0.688 bits per heavy atom. The highest BCUT2D eigenvalue weighted by Gasteiger charge is 2.33. The summed E-state index contributed by atoms with van der Waals surface area (Å²) in [5.41, 5.74) is 8.22. The van der Waals surface area contributed by atoms with E-state index in [0.717, 1.165) is 18.2 Å². The van der Waals surface area contributed by atoms with Crippen LogP contribution < -0.4 is 42.1 Å². The van der Waals surface area contributed by atoms with Gasteiger partial charge < -0.3 is 86.8 Å². The average Bonchev–Trinajstić information content (AvgIpc) is 0.759. The Bertz CT molecular complexity index is 4860. The van der Waals surface area contributed by atoms with Gasteiger partial charge in [-0.05, 0) is 60.7 Å². The fourth-order valence-electron chi connectivity index (χ4n) is 12.5. The van der Waals surface area contributed by atoms with Gasteiger partial charge in [0, 0.05) is 193 Å². The number of primary amides is 2. The number of aromatic nitrogens is 6. The SMILES string of the molecule is C=CC(=O)N1CCN(c2nc(NCCC(=O)N(C)C)nc3c(F)c(-c4c(O)cccc4F)c(Cl)cc23)CC1.CN(C)C(=O)CCNc1nc(N2CCN(C(N)=O)CC2)c2cc(Cl)c(-c3c(O)cccc3F)c(F)c2n1.CN(C)C(=O)CCNc1nc(N2CCN(C(N)=O)CC2)c2cc(Cl)c(-c3c(O)cccc3F)c(F)c2n1. The number of amides is 8. The fourth-order valence-corrected chi connectivity index (χ4v) is 13.4. The van der Waals surface area contributed by atoms with E-state index in [0.29, 0.717) is 96.0 Å². The zero-order valence-corrected chi connectivity index (χ0v) is 63.8. The van der Waals surface area contributed by atoms with Crippen molar-refractivity contribution < 1.29 is 70.4 Å². The van der Waals surface area contributed by atoms with Crippen LogP contribution >= 0.6 is 34.8 Å². The molecule has 3 saturated heterocycles. The maximum absolute atomic E-state index is 16.0. The summed E-state index contributed by atoms with van der Waals surface area (Å²) in [6.45, 7) is 8.47. The van der Waals surface area contributed by atoms with Crippen LogP contribution in [-0.4, -0.2) is 251 Å². The lowest BCUT2D eigenvalue weighted by molar-refractivity contribution is -0.129. The second-order valence-electron chi connectivity index (χ2n) is 26.4. The minimum Gasteiger partial charge on any atom is -0.507 e. The van der Waals surface area contributed by atoms with E-state index in [1.807, 2.05) is 14.7 Å². The van der Waals surface area contributed by atoms with Crippen LogP contribution in [0, 0.1) is 34.9 Å². The molecule has 10 N–H and O–H groups in total. The Kier molecular flexibility index (Phi) is 26.5. The van der Waals surface area contributed by atoms with Gasteiger partial charge in [-0.2, -0.15) is 15.0 Å². The third-order valence-electron chi connectivity index (χ3n) is 18.5. The monoisotopic (exact) mass is 1610 g/mol. The summed E-state index contributed by atoms with van der Waals surface area (Å²) < 4.78 is 92.0. The predicted octanol–water partition coefficient (Wildman–Crippen LogP) is 9.71. The summed E-state index contributed by atoms with van der Waals surface area (Å²) in [6, 6.07) is 14.1. The van der Waals surface area contributed by atoms with E-state index in [-0.39, 0.29) is 162 Å². The number of halogens is 9. The van der Waals surface area contributed by atoms with Crippen LogP contribution in [0.4, 0.5) is 71.2 Å². The number of piperazine rings is 3. The Morgan fingerprint density at radius 3 is 0.920 bits per heavy atom. The molecule has 6 aromatic carbocycles. The Morgan fingerprint density at radius 1 is 0.429 bits per heavy atom. The van der Waals surface area contributed by atoms with Crippen LogP contribution in [0.3, 0.4) is 0 Å². The minimum absolute atomic E-state index is 0.0521. The maximum Gasteiger partial charge on any atom is 0.314 e. The highest BCUT2D eigenvalue weighted by Crippen LogP contribution is 2.46. The molecule has 0 aliphatic carbocycles. The smallest absolute Gasteiger partial charge is 0.314 e. The van der Waals surface area contributed by atoms with E-state index in [9.17, 15) is 57.3 Å². The van der Waals surface area contributed by atoms with Crippen molar-refractivity contribution in [1.82, 2.24) is 59.3 Å². The molecular formula is C74H79Cl3F6N20O9. The molecular weight excluding hydrogens is 1530 g/mol. The summed E-state index contributed by atoms with van der Waals surface area (Å²) in [7, 11) is 9.83. The van der Waals surface area contributed by atoms with Crippen LogP contribution in [0.15, 0.2) is 85.5 Å². The second kappa shape index (κ2) is 35.9. The molecule has 0 spiro atoms. The van der Waals surface area contributed by atoms with E-state index >= 15 is 13.2 Å². The molecule has 3 aromatic heterocycles. The Hall–Kier alpha value is -11.9. The molecule has 3 aliphatic rings. The number of carbonyl (C=O) groups is 6. The van der Waals surface area contributed by atoms with E-state index in [4.69, 9.17) is 46.3 Å². The van der Waals surface area contributed by atoms with Crippen LogP contribution in [0.2, 0.25) is 15.1 Å².